The molecule has 0 radical (unpaired) electrons. The summed E-state index contributed by atoms with van der Waals surface area (Å²) in [7, 11) is 3.16. The minimum absolute atomic E-state index is 0.120. The molecule has 4 atom stereocenters. The minimum atomic E-state index is -0.410. The Morgan fingerprint density at radius 2 is 1.96 bits per heavy atom. The summed E-state index contributed by atoms with van der Waals surface area (Å²) in [6, 6.07) is 6.73. The lowest BCUT2D eigenvalue weighted by Gasteiger charge is -2.17. The number of ether oxygens (including phenoxy) is 6. The van der Waals surface area contributed by atoms with E-state index >= 15 is 0 Å². The maximum Gasteiger partial charge on any atom is 0.338 e. The summed E-state index contributed by atoms with van der Waals surface area (Å²) in [6.07, 6.45) is -1.10. The normalized spacial score (nSPS) is 29.3. The number of rotatable bonds is 6. The number of carbonyl (C=O) groups excluding carboxylic acids is 1. The van der Waals surface area contributed by atoms with Crippen LogP contribution < -0.4 is 4.74 Å². The smallest absolute Gasteiger partial charge is 0.338 e. The molecule has 1 aromatic rings. The summed E-state index contributed by atoms with van der Waals surface area (Å²) >= 11 is 0. The number of hydrogen-bond donors (Lipinski definition) is 0. The molecule has 23 heavy (non-hydrogen) atoms. The van der Waals surface area contributed by atoms with Gasteiger partial charge in [0.05, 0.1) is 25.9 Å². The molecular formula is C16H20O7. The topological polar surface area (TPSA) is 72.5 Å². The van der Waals surface area contributed by atoms with Gasteiger partial charge in [-0.2, -0.15) is 0 Å². The van der Waals surface area contributed by atoms with E-state index in [1.54, 1.807) is 38.5 Å². The van der Waals surface area contributed by atoms with Gasteiger partial charge < -0.3 is 28.4 Å². The predicted molar refractivity (Wildman–Crippen MR) is 78.4 cm³/mol. The number of hydrogen-bond acceptors (Lipinski definition) is 7. The van der Waals surface area contributed by atoms with Crippen LogP contribution in [0.3, 0.4) is 0 Å². The molecule has 126 valence electrons. The number of carbonyl (C=O) groups is 1. The first-order valence-corrected chi connectivity index (χ1v) is 7.44. The van der Waals surface area contributed by atoms with Gasteiger partial charge in [0.25, 0.3) is 0 Å². The van der Waals surface area contributed by atoms with Gasteiger partial charge in [-0.05, 0) is 24.3 Å². The summed E-state index contributed by atoms with van der Waals surface area (Å²) in [6.45, 7) is 0.913. The molecule has 0 spiro atoms. The van der Waals surface area contributed by atoms with E-state index in [1.807, 2.05) is 0 Å². The van der Waals surface area contributed by atoms with E-state index in [9.17, 15) is 4.79 Å². The predicted octanol–water partition coefficient (Wildman–Crippen LogP) is 1.01. The van der Waals surface area contributed by atoms with Crippen molar-refractivity contribution in [3.63, 3.8) is 0 Å². The Labute approximate surface area is 134 Å². The largest absolute Gasteiger partial charge is 0.497 e. The maximum atomic E-state index is 12.0. The van der Waals surface area contributed by atoms with E-state index in [-0.39, 0.29) is 24.9 Å². The first-order valence-electron chi connectivity index (χ1n) is 7.44. The van der Waals surface area contributed by atoms with Gasteiger partial charge in [0.1, 0.15) is 30.7 Å². The molecule has 2 fully saturated rings. The molecule has 0 amide bonds. The lowest BCUT2D eigenvalue weighted by Crippen LogP contribution is -2.32. The summed E-state index contributed by atoms with van der Waals surface area (Å²) in [5.74, 6) is 0.274. The van der Waals surface area contributed by atoms with Crippen LogP contribution in [-0.4, -0.2) is 64.6 Å². The van der Waals surface area contributed by atoms with Crippen molar-refractivity contribution < 1.29 is 33.2 Å². The lowest BCUT2D eigenvalue weighted by atomic mass is 10.1. The molecule has 7 heteroatoms. The molecule has 2 heterocycles. The van der Waals surface area contributed by atoms with Crippen LogP contribution in [0.1, 0.15) is 10.4 Å². The second kappa shape index (κ2) is 7.27. The third kappa shape index (κ3) is 3.64. The fraction of sp³-hybridized carbons (Fsp3) is 0.562. The molecule has 3 rings (SSSR count). The highest BCUT2D eigenvalue weighted by molar-refractivity contribution is 5.89. The first kappa shape index (κ1) is 16.2. The SMILES string of the molecule is COCC1O[C@H]2[C@H](CO[C@@H]2COC(=O)c2ccc(OC)cc2)O1. The van der Waals surface area contributed by atoms with Crippen LogP contribution in [0.15, 0.2) is 24.3 Å². The van der Waals surface area contributed by atoms with Gasteiger partial charge in [0, 0.05) is 7.11 Å². The maximum absolute atomic E-state index is 12.0. The van der Waals surface area contributed by atoms with Crippen molar-refractivity contribution in [2.45, 2.75) is 24.6 Å². The second-order valence-electron chi connectivity index (χ2n) is 5.36. The van der Waals surface area contributed by atoms with Crippen molar-refractivity contribution in [2.24, 2.45) is 0 Å². The highest BCUT2D eigenvalue weighted by atomic mass is 16.8. The van der Waals surface area contributed by atoms with Crippen LogP contribution in [0.4, 0.5) is 0 Å². The van der Waals surface area contributed by atoms with Gasteiger partial charge in [0.15, 0.2) is 6.29 Å². The summed E-state index contributed by atoms with van der Waals surface area (Å²) < 4.78 is 32.3. The van der Waals surface area contributed by atoms with Gasteiger partial charge in [-0.3, -0.25) is 0 Å². The number of methoxy groups -OCH3 is 2. The Morgan fingerprint density at radius 1 is 1.17 bits per heavy atom. The quantitative estimate of drug-likeness (QED) is 0.723. The number of fused-ring (bicyclic) bond motifs is 1. The van der Waals surface area contributed by atoms with E-state index in [0.29, 0.717) is 24.5 Å². The standard InChI is InChI=1S/C16H20O7/c1-18-9-14-22-13-8-20-12(15(13)23-14)7-21-16(17)10-3-5-11(19-2)6-4-10/h3-6,12-15H,7-9H2,1-2H3/t12-,13+,14?,15-/m1/s1. The molecule has 0 aromatic heterocycles. The lowest BCUT2D eigenvalue weighted by molar-refractivity contribution is -0.140. The molecule has 0 saturated carbocycles. The van der Waals surface area contributed by atoms with Crippen molar-refractivity contribution >= 4 is 5.97 Å². The summed E-state index contributed by atoms with van der Waals surface area (Å²) in [5.41, 5.74) is 0.459. The number of benzene rings is 1. The van der Waals surface area contributed by atoms with Crippen molar-refractivity contribution in [2.75, 3.05) is 34.0 Å². The molecular weight excluding hydrogens is 304 g/mol. The van der Waals surface area contributed by atoms with Gasteiger partial charge in [0.2, 0.25) is 0 Å². The Bertz CT molecular complexity index is 530. The van der Waals surface area contributed by atoms with E-state index in [4.69, 9.17) is 28.4 Å². The van der Waals surface area contributed by atoms with Gasteiger partial charge in [-0.1, -0.05) is 0 Å². The summed E-state index contributed by atoms with van der Waals surface area (Å²) in [5, 5.41) is 0. The zero-order valence-electron chi connectivity index (χ0n) is 13.1. The van der Waals surface area contributed by atoms with Crippen molar-refractivity contribution in [1.82, 2.24) is 0 Å². The van der Waals surface area contributed by atoms with Crippen LogP contribution in [0.5, 0.6) is 5.75 Å². The van der Waals surface area contributed by atoms with Gasteiger partial charge in [-0.15, -0.1) is 0 Å². The zero-order chi connectivity index (χ0) is 16.2. The van der Waals surface area contributed by atoms with Crippen LogP contribution in [-0.2, 0) is 23.7 Å². The van der Waals surface area contributed by atoms with Crippen LogP contribution >= 0.6 is 0 Å². The molecule has 1 aromatic carbocycles. The molecule has 1 unspecified atom stereocenters. The molecule has 0 N–H and O–H groups in total. The Kier molecular flexibility index (Phi) is 5.12. The monoisotopic (exact) mass is 324 g/mol. The van der Waals surface area contributed by atoms with E-state index in [1.165, 1.54) is 0 Å². The summed E-state index contributed by atoms with van der Waals surface area (Å²) in [4.78, 5) is 12.0. The molecule has 2 aliphatic heterocycles. The minimum Gasteiger partial charge on any atom is -0.497 e. The fourth-order valence-electron chi connectivity index (χ4n) is 2.67. The third-order valence-electron chi connectivity index (χ3n) is 3.85. The zero-order valence-corrected chi connectivity index (χ0v) is 13.1. The third-order valence-corrected chi connectivity index (χ3v) is 3.85. The fourth-order valence-corrected chi connectivity index (χ4v) is 2.67. The highest BCUT2D eigenvalue weighted by Gasteiger charge is 2.47. The Balaban J connectivity index is 1.51. The highest BCUT2D eigenvalue weighted by Crippen LogP contribution is 2.29. The second-order valence-corrected chi connectivity index (χ2v) is 5.36. The Hall–Kier alpha value is -1.67. The van der Waals surface area contributed by atoms with Gasteiger partial charge in [-0.25, -0.2) is 4.79 Å². The number of esters is 1. The van der Waals surface area contributed by atoms with Crippen molar-refractivity contribution in [3.8, 4) is 5.75 Å². The van der Waals surface area contributed by atoms with E-state index < -0.39 is 12.3 Å². The molecule has 0 bridgehead atoms. The molecule has 7 nitrogen and oxygen atoms in total. The Morgan fingerprint density at radius 3 is 2.65 bits per heavy atom. The molecule has 2 aliphatic rings. The van der Waals surface area contributed by atoms with Crippen LogP contribution in [0.2, 0.25) is 0 Å². The van der Waals surface area contributed by atoms with E-state index in [2.05, 4.69) is 0 Å². The molecule has 0 aliphatic carbocycles. The van der Waals surface area contributed by atoms with E-state index in [0.717, 1.165) is 0 Å². The van der Waals surface area contributed by atoms with Crippen LogP contribution in [0, 0.1) is 0 Å². The average Bonchev–Trinajstić information content (AvgIpc) is 3.13. The van der Waals surface area contributed by atoms with Crippen LogP contribution in [0.25, 0.3) is 0 Å². The average molecular weight is 324 g/mol. The van der Waals surface area contributed by atoms with Crippen molar-refractivity contribution in [3.05, 3.63) is 29.8 Å². The molecule has 2 saturated heterocycles. The van der Waals surface area contributed by atoms with Gasteiger partial charge >= 0.3 is 5.97 Å². The first-order chi connectivity index (χ1) is 11.2. The van der Waals surface area contributed by atoms with Crippen molar-refractivity contribution in [1.29, 1.82) is 0 Å².